The van der Waals surface area contributed by atoms with Crippen molar-refractivity contribution < 1.29 is 9.75 Å². The first-order valence-corrected chi connectivity index (χ1v) is 3.76. The minimum Gasteiger partial charge on any atom is -0.633 e. The standard InChI is InChI=1S/C7H15NO2/c1-6-3-4-7(9)5-8(6,2)10/h6-7,9H,3-5H2,1-2H3/t6-,7-,8+/m0/s1. The first kappa shape index (κ1) is 7.98. The van der Waals surface area contributed by atoms with E-state index in [1.54, 1.807) is 7.05 Å². The highest BCUT2D eigenvalue weighted by molar-refractivity contribution is 4.67. The highest BCUT2D eigenvalue weighted by Crippen LogP contribution is 2.21. The highest BCUT2D eigenvalue weighted by Gasteiger charge is 2.29. The topological polar surface area (TPSA) is 43.3 Å². The number of hydroxylamine groups is 3. The molecule has 3 nitrogen and oxygen atoms in total. The fraction of sp³-hybridized carbons (Fsp3) is 1.00. The van der Waals surface area contributed by atoms with Gasteiger partial charge in [-0.1, -0.05) is 0 Å². The van der Waals surface area contributed by atoms with E-state index in [-0.39, 0.29) is 16.8 Å². The maximum absolute atomic E-state index is 11.4. The van der Waals surface area contributed by atoms with Crippen molar-refractivity contribution in [1.82, 2.24) is 0 Å². The highest BCUT2D eigenvalue weighted by atomic mass is 16.5. The third-order valence-corrected chi connectivity index (χ3v) is 2.42. The van der Waals surface area contributed by atoms with Gasteiger partial charge >= 0.3 is 0 Å². The largest absolute Gasteiger partial charge is 0.633 e. The Labute approximate surface area is 61.4 Å². The Morgan fingerprint density at radius 3 is 2.50 bits per heavy atom. The lowest BCUT2D eigenvalue weighted by Gasteiger charge is -2.48. The third kappa shape index (κ3) is 1.48. The molecule has 0 unspecified atom stereocenters. The van der Waals surface area contributed by atoms with Gasteiger partial charge in [0.1, 0.15) is 12.6 Å². The Bertz CT molecular complexity index is 125. The van der Waals surface area contributed by atoms with Crippen LogP contribution in [-0.2, 0) is 0 Å². The van der Waals surface area contributed by atoms with Gasteiger partial charge in [-0.15, -0.1) is 0 Å². The quantitative estimate of drug-likeness (QED) is 0.398. The molecule has 10 heavy (non-hydrogen) atoms. The van der Waals surface area contributed by atoms with Crippen LogP contribution in [0.25, 0.3) is 0 Å². The first-order chi connectivity index (χ1) is 4.52. The van der Waals surface area contributed by atoms with E-state index in [9.17, 15) is 5.21 Å². The van der Waals surface area contributed by atoms with Crippen molar-refractivity contribution in [2.75, 3.05) is 13.6 Å². The molecule has 0 spiro atoms. The number of nitrogens with zero attached hydrogens (tertiary/aromatic N) is 1. The minimum absolute atomic E-state index is 0.156. The predicted molar refractivity (Wildman–Crippen MR) is 39.1 cm³/mol. The lowest BCUT2D eigenvalue weighted by Crippen LogP contribution is -2.53. The van der Waals surface area contributed by atoms with E-state index < -0.39 is 0 Å². The van der Waals surface area contributed by atoms with Crippen LogP contribution in [0.1, 0.15) is 19.8 Å². The smallest absolute Gasteiger partial charge is 0.105 e. The van der Waals surface area contributed by atoms with Crippen molar-refractivity contribution in [1.29, 1.82) is 0 Å². The van der Waals surface area contributed by atoms with Crippen molar-refractivity contribution >= 4 is 0 Å². The van der Waals surface area contributed by atoms with Gasteiger partial charge in [-0.05, 0) is 13.3 Å². The molecule has 3 heteroatoms. The molecule has 1 fully saturated rings. The first-order valence-electron chi connectivity index (χ1n) is 3.76. The minimum atomic E-state index is -0.376. The lowest BCUT2D eigenvalue weighted by molar-refractivity contribution is -0.893. The van der Waals surface area contributed by atoms with Gasteiger partial charge in [-0.2, -0.15) is 0 Å². The monoisotopic (exact) mass is 145 g/mol. The van der Waals surface area contributed by atoms with E-state index in [0.29, 0.717) is 6.54 Å². The summed E-state index contributed by atoms with van der Waals surface area (Å²) < 4.78 is -0.277. The molecule has 1 rings (SSSR count). The normalized spacial score (nSPS) is 49.2. The van der Waals surface area contributed by atoms with Crippen LogP contribution in [0, 0.1) is 5.21 Å². The predicted octanol–water partition coefficient (Wildman–Crippen LogP) is 0.474. The third-order valence-electron chi connectivity index (χ3n) is 2.42. The molecule has 0 aromatic carbocycles. The molecule has 60 valence electrons. The summed E-state index contributed by atoms with van der Waals surface area (Å²) in [6.45, 7) is 2.31. The zero-order chi connectivity index (χ0) is 7.78. The summed E-state index contributed by atoms with van der Waals surface area (Å²) >= 11 is 0. The van der Waals surface area contributed by atoms with Crippen LogP contribution in [0.15, 0.2) is 0 Å². The Kier molecular flexibility index (Phi) is 1.99. The number of aliphatic hydroxyl groups excluding tert-OH is 1. The second-order valence-corrected chi connectivity index (χ2v) is 3.44. The van der Waals surface area contributed by atoms with E-state index in [4.69, 9.17) is 5.11 Å². The van der Waals surface area contributed by atoms with E-state index in [2.05, 4.69) is 0 Å². The second-order valence-electron chi connectivity index (χ2n) is 3.44. The van der Waals surface area contributed by atoms with E-state index in [1.165, 1.54) is 0 Å². The average molecular weight is 145 g/mol. The Hall–Kier alpha value is -0.120. The van der Waals surface area contributed by atoms with Crippen molar-refractivity contribution in [3.63, 3.8) is 0 Å². The van der Waals surface area contributed by atoms with Gasteiger partial charge in [0.2, 0.25) is 0 Å². The molecule has 0 aliphatic carbocycles. The van der Waals surface area contributed by atoms with E-state index >= 15 is 0 Å². The molecule has 1 heterocycles. The Morgan fingerprint density at radius 2 is 2.10 bits per heavy atom. The fourth-order valence-corrected chi connectivity index (χ4v) is 1.40. The molecule has 1 aliphatic heterocycles. The number of rotatable bonds is 0. The molecule has 1 saturated heterocycles. The SMILES string of the molecule is C[C@H]1CC[C@H](O)C[N@@+]1(C)[O-]. The number of quaternary nitrogens is 1. The summed E-state index contributed by atoms with van der Waals surface area (Å²) in [6, 6.07) is 0.156. The number of hydrogen-bond acceptors (Lipinski definition) is 2. The molecule has 1 aliphatic rings. The summed E-state index contributed by atoms with van der Waals surface area (Å²) in [4.78, 5) is 0. The molecule has 3 atom stereocenters. The van der Waals surface area contributed by atoms with Gasteiger partial charge in [-0.25, -0.2) is 0 Å². The summed E-state index contributed by atoms with van der Waals surface area (Å²) in [5.74, 6) is 0. The molecule has 0 radical (unpaired) electrons. The Balaban J connectivity index is 2.55. The molecule has 1 N–H and O–H groups in total. The number of likely N-dealkylation sites (N-methyl/N-ethyl adjacent to an activating group) is 1. The van der Waals surface area contributed by atoms with Crippen LogP contribution in [0.3, 0.4) is 0 Å². The zero-order valence-electron chi connectivity index (χ0n) is 6.58. The average Bonchev–Trinajstić information content (AvgIpc) is 1.78. The van der Waals surface area contributed by atoms with Crippen LogP contribution in [-0.4, -0.2) is 35.5 Å². The molecule has 0 amide bonds. The van der Waals surface area contributed by atoms with Crippen LogP contribution in [0.4, 0.5) is 0 Å². The number of aliphatic hydroxyl groups is 1. The van der Waals surface area contributed by atoms with Gasteiger partial charge in [0.25, 0.3) is 0 Å². The number of likely N-dealkylation sites (tertiary alicyclic amines) is 1. The van der Waals surface area contributed by atoms with Gasteiger partial charge in [0.15, 0.2) is 0 Å². The van der Waals surface area contributed by atoms with E-state index in [1.807, 2.05) is 6.92 Å². The molecular weight excluding hydrogens is 130 g/mol. The van der Waals surface area contributed by atoms with E-state index in [0.717, 1.165) is 12.8 Å². The maximum atomic E-state index is 11.4. The Morgan fingerprint density at radius 1 is 1.50 bits per heavy atom. The van der Waals surface area contributed by atoms with Gasteiger partial charge in [0, 0.05) is 6.42 Å². The van der Waals surface area contributed by atoms with Crippen LogP contribution >= 0.6 is 0 Å². The summed E-state index contributed by atoms with van der Waals surface area (Å²) in [6.07, 6.45) is 1.26. The summed E-state index contributed by atoms with van der Waals surface area (Å²) in [5.41, 5.74) is 0. The fourth-order valence-electron chi connectivity index (χ4n) is 1.40. The van der Waals surface area contributed by atoms with Crippen LogP contribution < -0.4 is 0 Å². The van der Waals surface area contributed by atoms with Gasteiger partial charge < -0.3 is 15.0 Å². The lowest BCUT2D eigenvalue weighted by atomic mass is 10.0. The molecule has 0 bridgehead atoms. The molecule has 0 aromatic heterocycles. The number of hydrogen-bond donors (Lipinski definition) is 1. The van der Waals surface area contributed by atoms with Gasteiger partial charge in [0.05, 0.1) is 13.1 Å². The van der Waals surface area contributed by atoms with Crippen molar-refractivity contribution in [2.45, 2.75) is 31.9 Å². The van der Waals surface area contributed by atoms with Crippen molar-refractivity contribution in [2.24, 2.45) is 0 Å². The summed E-state index contributed by atoms with van der Waals surface area (Å²) in [5, 5.41) is 20.6. The maximum Gasteiger partial charge on any atom is 0.105 e. The van der Waals surface area contributed by atoms with Crippen molar-refractivity contribution in [3.05, 3.63) is 5.21 Å². The van der Waals surface area contributed by atoms with Gasteiger partial charge in [-0.3, -0.25) is 0 Å². The van der Waals surface area contributed by atoms with Crippen LogP contribution in [0.2, 0.25) is 0 Å². The van der Waals surface area contributed by atoms with Crippen LogP contribution in [0.5, 0.6) is 0 Å². The molecule has 0 saturated carbocycles. The number of piperidine rings is 1. The molecule has 0 aromatic rings. The molecular formula is C7H15NO2. The van der Waals surface area contributed by atoms with Crippen molar-refractivity contribution in [3.8, 4) is 0 Å². The second kappa shape index (κ2) is 2.49. The summed E-state index contributed by atoms with van der Waals surface area (Å²) in [7, 11) is 1.63. The zero-order valence-corrected chi connectivity index (χ0v) is 6.58.